The number of aliphatic carboxylic acids is 1. The molecule has 0 radical (unpaired) electrons. The van der Waals surface area contributed by atoms with Crippen LogP contribution in [-0.2, 0) is 4.79 Å². The molecule has 0 atom stereocenters. The molecule has 0 aromatic carbocycles. The molecule has 68 valence electrons. The molecule has 0 aliphatic carbocycles. The van der Waals surface area contributed by atoms with Gasteiger partial charge in [0.05, 0.1) is 6.42 Å². The number of hydrogen-bond acceptors (Lipinski definition) is 2. The van der Waals surface area contributed by atoms with Gasteiger partial charge >= 0.3 is 5.97 Å². The van der Waals surface area contributed by atoms with Crippen LogP contribution in [0.5, 0.6) is 0 Å². The van der Waals surface area contributed by atoms with Crippen molar-refractivity contribution in [2.24, 2.45) is 5.92 Å². The van der Waals surface area contributed by atoms with Gasteiger partial charge in [-0.05, 0) is 12.5 Å². The van der Waals surface area contributed by atoms with Gasteiger partial charge in [0.25, 0.3) is 0 Å². The van der Waals surface area contributed by atoms with E-state index in [2.05, 4.69) is 19.2 Å². The zero-order valence-corrected chi connectivity index (χ0v) is 7.78. The highest BCUT2D eigenvalue weighted by molar-refractivity contribution is 5.85. The number of halogens is 1. The van der Waals surface area contributed by atoms with E-state index in [1.165, 1.54) is 0 Å². The maximum atomic E-state index is 10.0. The van der Waals surface area contributed by atoms with Crippen molar-refractivity contribution in [3.05, 3.63) is 0 Å². The van der Waals surface area contributed by atoms with E-state index in [0.717, 1.165) is 6.54 Å². The summed E-state index contributed by atoms with van der Waals surface area (Å²) in [5.74, 6) is -0.148. The molecule has 0 heterocycles. The summed E-state index contributed by atoms with van der Waals surface area (Å²) in [6.45, 7) is 5.66. The highest BCUT2D eigenvalue weighted by Gasteiger charge is 1.96. The molecule has 0 amide bonds. The number of carbonyl (C=O) groups is 1. The van der Waals surface area contributed by atoms with Crippen LogP contribution in [0, 0.1) is 5.92 Å². The first kappa shape index (κ1) is 13.3. The first-order chi connectivity index (χ1) is 4.63. The van der Waals surface area contributed by atoms with E-state index in [1.807, 2.05) is 0 Å². The standard InChI is InChI=1S/C7H15NO2.ClH/c1-6(2)5-8-4-3-7(9)10;/h6,8H,3-5H2,1-2H3,(H,9,10);1H. The number of rotatable bonds is 5. The monoisotopic (exact) mass is 181 g/mol. The zero-order valence-electron chi connectivity index (χ0n) is 6.96. The van der Waals surface area contributed by atoms with Gasteiger partial charge in [0.15, 0.2) is 0 Å². The minimum Gasteiger partial charge on any atom is -0.481 e. The Balaban J connectivity index is 0. The van der Waals surface area contributed by atoms with Crippen molar-refractivity contribution >= 4 is 18.4 Å². The van der Waals surface area contributed by atoms with Gasteiger partial charge in [-0.1, -0.05) is 13.8 Å². The van der Waals surface area contributed by atoms with Crippen LogP contribution in [0.1, 0.15) is 20.3 Å². The Bertz CT molecular complexity index is 107. The molecule has 0 saturated carbocycles. The summed E-state index contributed by atoms with van der Waals surface area (Å²) < 4.78 is 0. The van der Waals surface area contributed by atoms with Gasteiger partial charge in [0.1, 0.15) is 0 Å². The highest BCUT2D eigenvalue weighted by atomic mass is 35.5. The quantitative estimate of drug-likeness (QED) is 0.626. The maximum Gasteiger partial charge on any atom is 0.304 e. The molecule has 0 bridgehead atoms. The molecule has 0 rings (SSSR count). The number of nitrogens with one attached hydrogen (secondary N) is 1. The lowest BCUT2D eigenvalue weighted by molar-refractivity contribution is -0.136. The summed E-state index contributed by atoms with van der Waals surface area (Å²) in [6.07, 6.45) is 0.215. The van der Waals surface area contributed by atoms with Crippen LogP contribution in [0.2, 0.25) is 0 Å². The third-order valence-corrected chi connectivity index (χ3v) is 1.07. The molecule has 11 heavy (non-hydrogen) atoms. The fourth-order valence-electron chi connectivity index (χ4n) is 0.586. The molecule has 0 aliphatic rings. The second-order valence-corrected chi connectivity index (χ2v) is 2.74. The van der Waals surface area contributed by atoms with Gasteiger partial charge in [0.2, 0.25) is 0 Å². The van der Waals surface area contributed by atoms with E-state index >= 15 is 0 Å². The fraction of sp³-hybridized carbons (Fsp3) is 0.857. The van der Waals surface area contributed by atoms with Gasteiger partial charge in [-0.3, -0.25) is 4.79 Å². The summed E-state index contributed by atoms with van der Waals surface area (Å²) in [5.41, 5.74) is 0. The predicted molar refractivity (Wildman–Crippen MR) is 47.2 cm³/mol. The van der Waals surface area contributed by atoms with Crippen LogP contribution in [0.3, 0.4) is 0 Å². The average Bonchev–Trinajstić information content (AvgIpc) is 1.79. The SMILES string of the molecule is CC(C)CNCCC(=O)O.Cl. The minimum absolute atomic E-state index is 0. The molecule has 0 aromatic heterocycles. The Hall–Kier alpha value is -0.280. The number of hydrogen-bond donors (Lipinski definition) is 2. The second kappa shape index (κ2) is 7.82. The van der Waals surface area contributed by atoms with Crippen LogP contribution in [0.25, 0.3) is 0 Å². The summed E-state index contributed by atoms with van der Waals surface area (Å²) in [5, 5.41) is 11.3. The Morgan fingerprint density at radius 2 is 2.09 bits per heavy atom. The van der Waals surface area contributed by atoms with Crippen molar-refractivity contribution in [3.8, 4) is 0 Å². The van der Waals surface area contributed by atoms with E-state index in [4.69, 9.17) is 5.11 Å². The van der Waals surface area contributed by atoms with Crippen LogP contribution >= 0.6 is 12.4 Å². The Morgan fingerprint density at radius 3 is 2.45 bits per heavy atom. The summed E-state index contributed by atoms with van der Waals surface area (Å²) in [6, 6.07) is 0. The van der Waals surface area contributed by atoms with Gasteiger partial charge < -0.3 is 10.4 Å². The van der Waals surface area contributed by atoms with Crippen LogP contribution in [0.4, 0.5) is 0 Å². The molecule has 0 unspecified atom stereocenters. The van der Waals surface area contributed by atoms with Crippen LogP contribution < -0.4 is 5.32 Å². The molecule has 0 fully saturated rings. The summed E-state index contributed by atoms with van der Waals surface area (Å²) >= 11 is 0. The zero-order chi connectivity index (χ0) is 7.98. The van der Waals surface area contributed by atoms with Crippen molar-refractivity contribution in [3.63, 3.8) is 0 Å². The van der Waals surface area contributed by atoms with E-state index in [9.17, 15) is 4.79 Å². The number of carboxylic acid groups (broad SMARTS) is 1. The fourth-order valence-corrected chi connectivity index (χ4v) is 0.586. The molecule has 0 aliphatic heterocycles. The van der Waals surface area contributed by atoms with Crippen molar-refractivity contribution in [2.45, 2.75) is 20.3 Å². The molecular weight excluding hydrogens is 166 g/mol. The average molecular weight is 182 g/mol. The molecule has 0 spiro atoms. The normalized spacial score (nSPS) is 9.36. The van der Waals surface area contributed by atoms with Gasteiger partial charge in [-0.15, -0.1) is 12.4 Å². The van der Waals surface area contributed by atoms with E-state index in [1.54, 1.807) is 0 Å². The molecule has 0 saturated heterocycles. The van der Waals surface area contributed by atoms with Crippen molar-refractivity contribution in [1.82, 2.24) is 5.32 Å². The van der Waals surface area contributed by atoms with E-state index < -0.39 is 5.97 Å². The topological polar surface area (TPSA) is 49.3 Å². The van der Waals surface area contributed by atoms with Gasteiger partial charge in [0, 0.05) is 6.54 Å². The van der Waals surface area contributed by atoms with Crippen LogP contribution in [-0.4, -0.2) is 24.2 Å². The number of carboxylic acids is 1. The predicted octanol–water partition coefficient (Wildman–Crippen LogP) is 1.13. The molecular formula is C7H16ClNO2. The Morgan fingerprint density at radius 1 is 1.55 bits per heavy atom. The summed E-state index contributed by atoms with van der Waals surface area (Å²) in [4.78, 5) is 10.0. The smallest absolute Gasteiger partial charge is 0.304 e. The lowest BCUT2D eigenvalue weighted by Gasteiger charge is -2.04. The van der Waals surface area contributed by atoms with Crippen molar-refractivity contribution in [2.75, 3.05) is 13.1 Å². The Labute approximate surface area is 73.6 Å². The molecule has 0 aromatic rings. The lowest BCUT2D eigenvalue weighted by atomic mass is 10.2. The van der Waals surface area contributed by atoms with E-state index in [0.29, 0.717) is 12.5 Å². The molecule has 3 nitrogen and oxygen atoms in total. The highest BCUT2D eigenvalue weighted by Crippen LogP contribution is 1.86. The summed E-state index contributed by atoms with van der Waals surface area (Å²) in [7, 11) is 0. The lowest BCUT2D eigenvalue weighted by Crippen LogP contribution is -2.22. The van der Waals surface area contributed by atoms with Gasteiger partial charge in [-0.25, -0.2) is 0 Å². The van der Waals surface area contributed by atoms with E-state index in [-0.39, 0.29) is 18.8 Å². The molecule has 4 heteroatoms. The Kier molecular flexibility index (Phi) is 9.47. The third-order valence-electron chi connectivity index (χ3n) is 1.07. The van der Waals surface area contributed by atoms with Crippen LogP contribution in [0.15, 0.2) is 0 Å². The first-order valence-electron chi connectivity index (χ1n) is 3.55. The maximum absolute atomic E-state index is 10.0. The molecule has 2 N–H and O–H groups in total. The third kappa shape index (κ3) is 12.8. The first-order valence-corrected chi connectivity index (χ1v) is 3.55. The second-order valence-electron chi connectivity index (χ2n) is 2.74. The minimum atomic E-state index is -0.740. The van der Waals surface area contributed by atoms with Crippen molar-refractivity contribution < 1.29 is 9.90 Å². The van der Waals surface area contributed by atoms with Gasteiger partial charge in [-0.2, -0.15) is 0 Å². The van der Waals surface area contributed by atoms with Crippen molar-refractivity contribution in [1.29, 1.82) is 0 Å². The largest absolute Gasteiger partial charge is 0.481 e.